The van der Waals surface area contributed by atoms with E-state index in [-0.39, 0.29) is 11.2 Å². The lowest BCUT2D eigenvalue weighted by atomic mass is 10.1. The van der Waals surface area contributed by atoms with Crippen LogP contribution in [0.1, 0.15) is 35.6 Å². The van der Waals surface area contributed by atoms with Crippen molar-refractivity contribution in [1.82, 2.24) is 24.6 Å². The van der Waals surface area contributed by atoms with E-state index in [4.69, 9.17) is 0 Å². The summed E-state index contributed by atoms with van der Waals surface area (Å²) in [7, 11) is 0. The van der Waals surface area contributed by atoms with Gasteiger partial charge < -0.3 is 4.90 Å². The van der Waals surface area contributed by atoms with Gasteiger partial charge in [-0.1, -0.05) is 72.4 Å². The predicted molar refractivity (Wildman–Crippen MR) is 134 cm³/mol. The molecule has 1 aliphatic heterocycles. The van der Waals surface area contributed by atoms with Gasteiger partial charge in [-0.3, -0.25) is 14.3 Å². The summed E-state index contributed by atoms with van der Waals surface area (Å²) in [5, 5.41) is 9.44. The Morgan fingerprint density at radius 1 is 0.882 bits per heavy atom. The van der Waals surface area contributed by atoms with E-state index in [1.807, 2.05) is 65.6 Å². The Hall–Kier alpha value is -3.45. The number of carbonyl (C=O) groups excluding carboxylic acids is 1. The number of hydrogen-bond donors (Lipinski definition) is 0. The SMILES string of the molecule is O=C(C(Sc1nnc(-c2cccnc2)n1Cc1ccccc1)c1ccccc1)N1CCCCC1. The van der Waals surface area contributed by atoms with Gasteiger partial charge in [0.2, 0.25) is 5.91 Å². The number of carbonyl (C=O) groups is 1. The molecule has 5 rings (SSSR count). The zero-order valence-electron chi connectivity index (χ0n) is 19.0. The maximum absolute atomic E-state index is 13.7. The number of likely N-dealkylation sites (tertiary alicyclic amines) is 1. The van der Waals surface area contributed by atoms with Crippen LogP contribution in [0.3, 0.4) is 0 Å². The molecule has 7 heteroatoms. The molecule has 34 heavy (non-hydrogen) atoms. The van der Waals surface area contributed by atoms with Crippen LogP contribution >= 0.6 is 11.8 Å². The van der Waals surface area contributed by atoms with E-state index in [1.54, 1.807) is 12.4 Å². The van der Waals surface area contributed by atoms with E-state index < -0.39 is 0 Å². The summed E-state index contributed by atoms with van der Waals surface area (Å²) in [6, 6.07) is 24.2. The number of pyridine rings is 1. The molecule has 0 aliphatic carbocycles. The molecule has 1 fully saturated rings. The van der Waals surface area contributed by atoms with Crippen LogP contribution in [-0.2, 0) is 11.3 Å². The van der Waals surface area contributed by atoms with Crippen molar-refractivity contribution in [1.29, 1.82) is 0 Å². The molecule has 4 aromatic rings. The first kappa shape index (κ1) is 22.3. The lowest BCUT2D eigenvalue weighted by molar-refractivity contribution is -0.131. The fraction of sp³-hybridized carbons (Fsp3) is 0.259. The number of rotatable bonds is 7. The Bertz CT molecular complexity index is 1210. The minimum atomic E-state index is -0.375. The first-order chi connectivity index (χ1) is 16.8. The van der Waals surface area contributed by atoms with Crippen LogP contribution in [0.15, 0.2) is 90.3 Å². The van der Waals surface area contributed by atoms with E-state index in [0.717, 1.165) is 53.6 Å². The molecule has 6 nitrogen and oxygen atoms in total. The topological polar surface area (TPSA) is 63.9 Å². The summed E-state index contributed by atoms with van der Waals surface area (Å²) in [5.41, 5.74) is 3.03. The number of aromatic nitrogens is 4. The Balaban J connectivity index is 1.52. The van der Waals surface area contributed by atoms with Gasteiger partial charge in [0.25, 0.3) is 0 Å². The summed E-state index contributed by atoms with van der Waals surface area (Å²) in [5.74, 6) is 0.893. The Kier molecular flexibility index (Phi) is 7.00. The van der Waals surface area contributed by atoms with Crippen LogP contribution in [-0.4, -0.2) is 43.6 Å². The van der Waals surface area contributed by atoms with Crippen LogP contribution in [0.25, 0.3) is 11.4 Å². The van der Waals surface area contributed by atoms with Gasteiger partial charge in [0.1, 0.15) is 5.25 Å². The third-order valence-corrected chi connectivity index (χ3v) is 7.26. The molecule has 1 unspecified atom stereocenters. The summed E-state index contributed by atoms with van der Waals surface area (Å²) in [6.45, 7) is 2.25. The number of benzene rings is 2. The van der Waals surface area contributed by atoms with Gasteiger partial charge in [0.05, 0.1) is 6.54 Å². The zero-order chi connectivity index (χ0) is 23.2. The quantitative estimate of drug-likeness (QED) is 0.347. The molecule has 0 bridgehead atoms. The maximum Gasteiger partial charge on any atom is 0.240 e. The second kappa shape index (κ2) is 10.7. The number of thioether (sulfide) groups is 1. The van der Waals surface area contributed by atoms with Crippen molar-refractivity contribution in [2.24, 2.45) is 0 Å². The normalized spacial score (nSPS) is 14.6. The highest BCUT2D eigenvalue weighted by molar-refractivity contribution is 8.00. The molecule has 2 aromatic carbocycles. The smallest absolute Gasteiger partial charge is 0.240 e. The predicted octanol–water partition coefficient (Wildman–Crippen LogP) is 5.23. The molecule has 1 aliphatic rings. The highest BCUT2D eigenvalue weighted by Crippen LogP contribution is 2.38. The molecule has 2 aromatic heterocycles. The molecule has 1 saturated heterocycles. The number of nitrogens with zero attached hydrogens (tertiary/aromatic N) is 5. The standard InChI is InChI=1S/C27H27N5OS/c33-26(31-17-8-3-9-18-31)24(22-13-6-2-7-14-22)34-27-30-29-25(23-15-10-16-28-19-23)32(27)20-21-11-4-1-5-12-21/h1-2,4-7,10-16,19,24H,3,8-9,17-18,20H2. The highest BCUT2D eigenvalue weighted by atomic mass is 32.2. The number of amides is 1. The molecule has 0 saturated carbocycles. The molecular formula is C27H27N5OS. The largest absolute Gasteiger partial charge is 0.341 e. The lowest BCUT2D eigenvalue weighted by Crippen LogP contribution is -2.38. The summed E-state index contributed by atoms with van der Waals surface area (Å²) in [4.78, 5) is 20.0. The van der Waals surface area contributed by atoms with Crippen LogP contribution in [0.4, 0.5) is 0 Å². The van der Waals surface area contributed by atoms with Crippen LogP contribution in [0, 0.1) is 0 Å². The van der Waals surface area contributed by atoms with Gasteiger partial charge >= 0.3 is 0 Å². The Labute approximate surface area is 204 Å². The van der Waals surface area contributed by atoms with Gasteiger partial charge in [-0.15, -0.1) is 10.2 Å². The van der Waals surface area contributed by atoms with Gasteiger partial charge in [0.15, 0.2) is 11.0 Å². The molecular weight excluding hydrogens is 442 g/mol. The van der Waals surface area contributed by atoms with E-state index in [1.165, 1.54) is 18.2 Å². The molecule has 172 valence electrons. The van der Waals surface area contributed by atoms with Crippen molar-refractivity contribution in [3.63, 3.8) is 0 Å². The van der Waals surface area contributed by atoms with E-state index in [2.05, 4.69) is 31.9 Å². The van der Waals surface area contributed by atoms with Gasteiger partial charge in [-0.05, 0) is 42.5 Å². The van der Waals surface area contributed by atoms with E-state index in [9.17, 15) is 4.79 Å². The fourth-order valence-corrected chi connectivity index (χ4v) is 5.39. The van der Waals surface area contributed by atoms with Crippen LogP contribution in [0.5, 0.6) is 0 Å². The van der Waals surface area contributed by atoms with Crippen molar-refractivity contribution in [2.75, 3.05) is 13.1 Å². The molecule has 1 amide bonds. The maximum atomic E-state index is 13.7. The average Bonchev–Trinajstić information content (AvgIpc) is 3.31. The van der Waals surface area contributed by atoms with Crippen LogP contribution in [0.2, 0.25) is 0 Å². The monoisotopic (exact) mass is 469 g/mol. The second-order valence-electron chi connectivity index (χ2n) is 8.41. The van der Waals surface area contributed by atoms with E-state index >= 15 is 0 Å². The molecule has 0 radical (unpaired) electrons. The molecule has 0 N–H and O–H groups in total. The summed E-state index contributed by atoms with van der Waals surface area (Å²) in [6.07, 6.45) is 6.86. The highest BCUT2D eigenvalue weighted by Gasteiger charge is 2.30. The molecule has 0 spiro atoms. The third-order valence-electron chi connectivity index (χ3n) is 6.04. The second-order valence-corrected chi connectivity index (χ2v) is 9.49. The van der Waals surface area contributed by atoms with Crippen molar-refractivity contribution in [2.45, 2.75) is 36.2 Å². The third kappa shape index (κ3) is 5.04. The van der Waals surface area contributed by atoms with E-state index in [0.29, 0.717) is 6.54 Å². The zero-order valence-corrected chi connectivity index (χ0v) is 19.8. The minimum absolute atomic E-state index is 0.146. The summed E-state index contributed by atoms with van der Waals surface area (Å²) < 4.78 is 2.09. The average molecular weight is 470 g/mol. The molecule has 1 atom stereocenters. The lowest BCUT2D eigenvalue weighted by Gasteiger charge is -2.30. The van der Waals surface area contributed by atoms with Gasteiger partial charge in [0, 0.05) is 31.0 Å². The summed E-state index contributed by atoms with van der Waals surface area (Å²) >= 11 is 1.48. The van der Waals surface area contributed by atoms with Crippen molar-refractivity contribution in [3.8, 4) is 11.4 Å². The fourth-order valence-electron chi connectivity index (χ4n) is 4.27. The Morgan fingerprint density at radius 2 is 1.62 bits per heavy atom. The van der Waals surface area contributed by atoms with Gasteiger partial charge in [-0.25, -0.2) is 0 Å². The Morgan fingerprint density at radius 3 is 2.32 bits per heavy atom. The van der Waals surface area contributed by atoms with Crippen molar-refractivity contribution >= 4 is 17.7 Å². The first-order valence-electron chi connectivity index (χ1n) is 11.7. The van der Waals surface area contributed by atoms with Gasteiger partial charge in [-0.2, -0.15) is 0 Å². The number of piperidine rings is 1. The minimum Gasteiger partial charge on any atom is -0.341 e. The van der Waals surface area contributed by atoms with Crippen molar-refractivity contribution < 1.29 is 4.79 Å². The van der Waals surface area contributed by atoms with Crippen molar-refractivity contribution in [3.05, 3.63) is 96.3 Å². The molecule has 3 heterocycles. The number of hydrogen-bond acceptors (Lipinski definition) is 5. The van der Waals surface area contributed by atoms with Crippen LogP contribution < -0.4 is 0 Å². The first-order valence-corrected chi connectivity index (χ1v) is 12.6.